The van der Waals surface area contributed by atoms with Gasteiger partial charge in [0.2, 0.25) is 0 Å². The molecule has 0 N–H and O–H groups in total. The third kappa shape index (κ3) is 3.85. The van der Waals surface area contributed by atoms with Crippen LogP contribution in [0, 0.1) is 0 Å². The summed E-state index contributed by atoms with van der Waals surface area (Å²) in [7, 11) is 3.14. The van der Waals surface area contributed by atoms with Crippen molar-refractivity contribution in [2.75, 3.05) is 14.2 Å². The van der Waals surface area contributed by atoms with Crippen LogP contribution < -0.4 is 9.47 Å². The maximum Gasteiger partial charge on any atom is 0.339 e. The summed E-state index contributed by atoms with van der Waals surface area (Å²) < 4.78 is 16.3. The Morgan fingerprint density at radius 3 is 2.57 bits per heavy atom. The Hall–Kier alpha value is -3.41. The first kappa shape index (κ1) is 19.9. The molecule has 3 aromatic rings. The van der Waals surface area contributed by atoms with Gasteiger partial charge in [0.1, 0.15) is 0 Å². The molecular weight excluding hydrogens is 382 g/mol. The Balaban J connectivity index is 1.76. The van der Waals surface area contributed by atoms with Crippen LogP contribution in [0.2, 0.25) is 0 Å². The van der Waals surface area contributed by atoms with Crippen LogP contribution in [-0.4, -0.2) is 37.1 Å². The van der Waals surface area contributed by atoms with E-state index < -0.39 is 12.1 Å². The van der Waals surface area contributed by atoms with Crippen molar-refractivity contribution in [2.45, 2.75) is 31.8 Å². The number of methoxy groups -OCH3 is 2. The van der Waals surface area contributed by atoms with Crippen LogP contribution >= 0.6 is 0 Å². The van der Waals surface area contributed by atoms with Gasteiger partial charge in [-0.2, -0.15) is 0 Å². The van der Waals surface area contributed by atoms with Crippen LogP contribution in [0.25, 0.3) is 22.2 Å². The summed E-state index contributed by atoms with van der Waals surface area (Å²) in [6.07, 6.45) is 2.12. The minimum atomic E-state index is -0.664. The summed E-state index contributed by atoms with van der Waals surface area (Å²) >= 11 is 0. The van der Waals surface area contributed by atoms with Gasteiger partial charge in [0.05, 0.1) is 31.0 Å². The third-order valence-electron chi connectivity index (χ3n) is 5.36. The number of hydrogen-bond donors (Lipinski definition) is 0. The second-order valence-corrected chi connectivity index (χ2v) is 7.25. The van der Waals surface area contributed by atoms with Crippen molar-refractivity contribution in [1.29, 1.82) is 0 Å². The summed E-state index contributed by atoms with van der Waals surface area (Å²) in [6, 6.07) is 14.6. The SMILES string of the molecule is COc1ccc(-c2cc(C(=O)O[C@H]3CCCCC3=O)c3ccccc3n2)cc1OC. The van der Waals surface area contributed by atoms with E-state index in [-0.39, 0.29) is 5.78 Å². The molecule has 0 unspecified atom stereocenters. The molecule has 1 fully saturated rings. The van der Waals surface area contributed by atoms with Gasteiger partial charge in [-0.15, -0.1) is 0 Å². The predicted molar refractivity (Wildman–Crippen MR) is 113 cm³/mol. The van der Waals surface area contributed by atoms with Gasteiger partial charge in [-0.3, -0.25) is 4.79 Å². The first-order chi connectivity index (χ1) is 14.6. The second kappa shape index (κ2) is 8.53. The number of esters is 1. The molecule has 1 aromatic heterocycles. The molecule has 2 aromatic carbocycles. The molecule has 6 nitrogen and oxygen atoms in total. The molecule has 0 radical (unpaired) electrons. The van der Waals surface area contributed by atoms with Crippen molar-refractivity contribution in [3.63, 3.8) is 0 Å². The van der Waals surface area contributed by atoms with E-state index in [0.717, 1.165) is 18.4 Å². The van der Waals surface area contributed by atoms with Crippen LogP contribution in [-0.2, 0) is 9.53 Å². The number of aromatic nitrogens is 1. The quantitative estimate of drug-likeness (QED) is 0.578. The third-order valence-corrected chi connectivity index (χ3v) is 5.36. The highest BCUT2D eigenvalue weighted by Crippen LogP contribution is 2.33. The number of ether oxygens (including phenoxy) is 3. The van der Waals surface area contributed by atoms with Gasteiger partial charge in [-0.05, 0) is 49.6 Å². The fourth-order valence-corrected chi connectivity index (χ4v) is 3.76. The molecule has 1 aliphatic carbocycles. The number of para-hydroxylation sites is 1. The first-order valence-corrected chi connectivity index (χ1v) is 9.96. The smallest absolute Gasteiger partial charge is 0.339 e. The van der Waals surface area contributed by atoms with E-state index in [4.69, 9.17) is 19.2 Å². The van der Waals surface area contributed by atoms with E-state index >= 15 is 0 Å². The van der Waals surface area contributed by atoms with Gasteiger partial charge in [0.25, 0.3) is 0 Å². The molecule has 0 aliphatic heterocycles. The molecular formula is C24H23NO5. The van der Waals surface area contributed by atoms with Crippen molar-refractivity contribution in [3.05, 3.63) is 54.1 Å². The van der Waals surface area contributed by atoms with Gasteiger partial charge in [0, 0.05) is 17.4 Å². The van der Waals surface area contributed by atoms with Crippen LogP contribution in [0.5, 0.6) is 11.5 Å². The zero-order valence-corrected chi connectivity index (χ0v) is 17.0. The molecule has 0 saturated heterocycles. The van der Waals surface area contributed by atoms with Crippen LogP contribution in [0.15, 0.2) is 48.5 Å². The lowest BCUT2D eigenvalue weighted by atomic mass is 9.96. The van der Waals surface area contributed by atoms with Crippen molar-refractivity contribution in [2.24, 2.45) is 0 Å². The van der Waals surface area contributed by atoms with Gasteiger partial charge in [-0.1, -0.05) is 18.2 Å². The number of Topliss-reactive ketones (excluding diaryl/α,β-unsaturated/α-hetero) is 1. The molecule has 30 heavy (non-hydrogen) atoms. The first-order valence-electron chi connectivity index (χ1n) is 9.96. The number of pyridine rings is 1. The summed E-state index contributed by atoms with van der Waals surface area (Å²) in [5.74, 6) is 0.669. The van der Waals surface area contributed by atoms with Crippen LogP contribution in [0.3, 0.4) is 0 Å². The van der Waals surface area contributed by atoms with Crippen molar-refractivity contribution < 1.29 is 23.8 Å². The lowest BCUT2D eigenvalue weighted by molar-refractivity contribution is -0.129. The normalized spacial score (nSPS) is 16.3. The standard InChI is InChI=1S/C24H23NO5/c1-28-22-12-11-15(13-23(22)29-2)19-14-17(16-7-3-4-8-18(16)25-19)24(27)30-21-10-6-5-9-20(21)26/h3-4,7-8,11-14,21H,5-6,9-10H2,1-2H3/t21-/m0/s1. The number of nitrogens with zero attached hydrogens (tertiary/aromatic N) is 1. The molecule has 1 atom stereocenters. The van der Waals surface area contributed by atoms with E-state index in [1.807, 2.05) is 36.4 Å². The fraction of sp³-hybridized carbons (Fsp3) is 0.292. The molecule has 6 heteroatoms. The second-order valence-electron chi connectivity index (χ2n) is 7.25. The minimum Gasteiger partial charge on any atom is -0.493 e. The zero-order valence-electron chi connectivity index (χ0n) is 17.0. The van der Waals surface area contributed by atoms with Crippen LogP contribution in [0.1, 0.15) is 36.0 Å². The summed E-state index contributed by atoms with van der Waals surface area (Å²) in [6.45, 7) is 0. The Labute approximate surface area is 174 Å². The maximum absolute atomic E-state index is 13.0. The van der Waals surface area contributed by atoms with E-state index in [9.17, 15) is 9.59 Å². The van der Waals surface area contributed by atoms with E-state index in [1.54, 1.807) is 26.4 Å². The highest BCUT2D eigenvalue weighted by atomic mass is 16.5. The molecule has 1 aliphatic rings. The molecule has 154 valence electrons. The predicted octanol–water partition coefficient (Wildman–Crippen LogP) is 4.59. The topological polar surface area (TPSA) is 74.7 Å². The van der Waals surface area contributed by atoms with Gasteiger partial charge < -0.3 is 14.2 Å². The monoisotopic (exact) mass is 405 g/mol. The van der Waals surface area contributed by atoms with Gasteiger partial charge in [-0.25, -0.2) is 9.78 Å². The van der Waals surface area contributed by atoms with E-state index in [0.29, 0.717) is 46.5 Å². The minimum absolute atomic E-state index is 0.00641. The average Bonchev–Trinajstić information content (AvgIpc) is 2.79. The number of benzene rings is 2. The van der Waals surface area contributed by atoms with Crippen molar-refractivity contribution in [1.82, 2.24) is 4.98 Å². The number of carbonyl (C=O) groups is 2. The van der Waals surface area contributed by atoms with Gasteiger partial charge in [0.15, 0.2) is 23.4 Å². The van der Waals surface area contributed by atoms with Gasteiger partial charge >= 0.3 is 5.97 Å². The molecule has 1 heterocycles. The summed E-state index contributed by atoms with van der Waals surface area (Å²) in [4.78, 5) is 29.9. The highest BCUT2D eigenvalue weighted by Gasteiger charge is 2.27. The summed E-state index contributed by atoms with van der Waals surface area (Å²) in [5, 5.41) is 0.690. The molecule has 0 bridgehead atoms. The lowest BCUT2D eigenvalue weighted by Gasteiger charge is -2.21. The number of fused-ring (bicyclic) bond motifs is 1. The van der Waals surface area contributed by atoms with E-state index in [1.165, 1.54) is 0 Å². The molecule has 0 amide bonds. The maximum atomic E-state index is 13.0. The number of carbonyl (C=O) groups excluding carboxylic acids is 2. The Morgan fingerprint density at radius 2 is 1.80 bits per heavy atom. The molecule has 0 spiro atoms. The molecule has 4 rings (SSSR count). The van der Waals surface area contributed by atoms with Crippen molar-refractivity contribution >= 4 is 22.7 Å². The Morgan fingerprint density at radius 1 is 1.00 bits per heavy atom. The summed E-state index contributed by atoms with van der Waals surface area (Å²) in [5.41, 5.74) is 2.45. The molecule has 1 saturated carbocycles. The number of rotatable bonds is 5. The van der Waals surface area contributed by atoms with Crippen LogP contribution in [0.4, 0.5) is 0 Å². The number of hydrogen-bond acceptors (Lipinski definition) is 6. The number of ketones is 1. The Kier molecular flexibility index (Phi) is 5.65. The van der Waals surface area contributed by atoms with Crippen molar-refractivity contribution in [3.8, 4) is 22.8 Å². The highest BCUT2D eigenvalue weighted by molar-refractivity contribution is 6.05. The average molecular weight is 405 g/mol. The zero-order chi connectivity index (χ0) is 21.1. The Bertz CT molecular complexity index is 1110. The van der Waals surface area contributed by atoms with E-state index in [2.05, 4.69) is 0 Å². The largest absolute Gasteiger partial charge is 0.493 e. The lowest BCUT2D eigenvalue weighted by Crippen LogP contribution is -2.30. The fourth-order valence-electron chi connectivity index (χ4n) is 3.76.